The highest BCUT2D eigenvalue weighted by Gasteiger charge is 2.19. The Kier molecular flexibility index (Phi) is 4.96. The van der Waals surface area contributed by atoms with Crippen LogP contribution < -0.4 is 4.74 Å². The highest BCUT2D eigenvalue weighted by Crippen LogP contribution is 2.19. The van der Waals surface area contributed by atoms with Gasteiger partial charge in [0, 0.05) is 19.5 Å². The summed E-state index contributed by atoms with van der Waals surface area (Å²) in [6.07, 6.45) is 2.26. The van der Waals surface area contributed by atoms with Crippen LogP contribution in [0.2, 0.25) is 0 Å². The van der Waals surface area contributed by atoms with Crippen molar-refractivity contribution in [2.24, 2.45) is 0 Å². The number of aryl methyl sites for hydroxylation is 1. The predicted octanol–water partition coefficient (Wildman–Crippen LogP) is 3.74. The van der Waals surface area contributed by atoms with Crippen molar-refractivity contribution in [3.05, 3.63) is 65.2 Å². The van der Waals surface area contributed by atoms with Crippen LogP contribution in [0.3, 0.4) is 0 Å². The Labute approximate surface area is 137 Å². The number of benzene rings is 2. The first-order valence-corrected chi connectivity index (χ1v) is 8.26. The first-order valence-electron chi connectivity index (χ1n) is 8.26. The molecule has 2 aromatic rings. The van der Waals surface area contributed by atoms with Crippen molar-refractivity contribution in [3.63, 3.8) is 0 Å². The summed E-state index contributed by atoms with van der Waals surface area (Å²) in [5.74, 6) is 1.10. The Morgan fingerprint density at radius 2 is 1.83 bits per heavy atom. The molecule has 23 heavy (non-hydrogen) atoms. The molecule has 0 saturated heterocycles. The zero-order valence-electron chi connectivity index (χ0n) is 13.6. The van der Waals surface area contributed by atoms with E-state index in [-0.39, 0.29) is 5.91 Å². The van der Waals surface area contributed by atoms with Crippen LogP contribution in [-0.2, 0) is 17.8 Å². The summed E-state index contributed by atoms with van der Waals surface area (Å²) >= 11 is 0. The third kappa shape index (κ3) is 4.13. The van der Waals surface area contributed by atoms with Crippen molar-refractivity contribution in [2.75, 3.05) is 13.2 Å². The van der Waals surface area contributed by atoms with Gasteiger partial charge in [0.1, 0.15) is 5.75 Å². The summed E-state index contributed by atoms with van der Waals surface area (Å²) in [6.45, 7) is 4.21. The zero-order chi connectivity index (χ0) is 16.1. The number of fused-ring (bicyclic) bond motifs is 1. The van der Waals surface area contributed by atoms with E-state index < -0.39 is 0 Å². The van der Waals surface area contributed by atoms with Gasteiger partial charge in [0.15, 0.2) is 0 Å². The molecule has 120 valence electrons. The second kappa shape index (κ2) is 7.32. The van der Waals surface area contributed by atoms with E-state index in [1.54, 1.807) is 0 Å². The molecule has 0 unspecified atom stereocenters. The maximum Gasteiger partial charge on any atom is 0.223 e. The van der Waals surface area contributed by atoms with Crippen LogP contribution in [0.5, 0.6) is 5.75 Å². The van der Waals surface area contributed by atoms with Gasteiger partial charge in [-0.15, -0.1) is 0 Å². The van der Waals surface area contributed by atoms with E-state index in [4.69, 9.17) is 4.74 Å². The van der Waals surface area contributed by atoms with Crippen LogP contribution in [0.1, 0.15) is 29.5 Å². The molecule has 2 aromatic carbocycles. The number of carbonyl (C=O) groups excluding carboxylic acids is 1. The van der Waals surface area contributed by atoms with Gasteiger partial charge in [-0.1, -0.05) is 42.0 Å². The molecule has 1 aliphatic heterocycles. The molecule has 0 spiro atoms. The van der Waals surface area contributed by atoms with Crippen LogP contribution in [0.4, 0.5) is 0 Å². The lowest BCUT2D eigenvalue weighted by Crippen LogP contribution is -2.35. The smallest absolute Gasteiger partial charge is 0.223 e. The average molecular weight is 309 g/mol. The molecule has 0 radical (unpaired) electrons. The van der Waals surface area contributed by atoms with Gasteiger partial charge in [-0.25, -0.2) is 0 Å². The second-order valence-electron chi connectivity index (χ2n) is 6.10. The molecule has 1 amide bonds. The van der Waals surface area contributed by atoms with Crippen molar-refractivity contribution < 1.29 is 9.53 Å². The normalized spacial score (nSPS) is 13.5. The molecular weight excluding hydrogens is 286 g/mol. The van der Waals surface area contributed by atoms with E-state index in [9.17, 15) is 4.79 Å². The Hall–Kier alpha value is -2.29. The lowest BCUT2D eigenvalue weighted by molar-refractivity contribution is -0.132. The van der Waals surface area contributed by atoms with Crippen LogP contribution in [0.25, 0.3) is 0 Å². The molecule has 0 fully saturated rings. The summed E-state index contributed by atoms with van der Waals surface area (Å²) in [4.78, 5) is 14.3. The maximum absolute atomic E-state index is 12.3. The first kappa shape index (κ1) is 15.6. The van der Waals surface area contributed by atoms with Crippen LogP contribution >= 0.6 is 0 Å². The van der Waals surface area contributed by atoms with Gasteiger partial charge < -0.3 is 9.64 Å². The van der Waals surface area contributed by atoms with E-state index >= 15 is 0 Å². The fourth-order valence-corrected chi connectivity index (χ4v) is 2.91. The minimum Gasteiger partial charge on any atom is -0.494 e. The molecule has 0 atom stereocenters. The van der Waals surface area contributed by atoms with Crippen LogP contribution in [0.15, 0.2) is 48.5 Å². The Morgan fingerprint density at radius 3 is 2.61 bits per heavy atom. The summed E-state index contributed by atoms with van der Waals surface area (Å²) in [5.41, 5.74) is 3.88. The summed E-state index contributed by atoms with van der Waals surface area (Å²) in [5, 5.41) is 0. The van der Waals surface area contributed by atoms with E-state index in [1.165, 1.54) is 16.7 Å². The van der Waals surface area contributed by atoms with Gasteiger partial charge in [0.2, 0.25) is 5.91 Å². The maximum atomic E-state index is 12.3. The van der Waals surface area contributed by atoms with Gasteiger partial charge >= 0.3 is 0 Å². The molecule has 3 nitrogen and oxygen atoms in total. The van der Waals surface area contributed by atoms with Gasteiger partial charge in [-0.2, -0.15) is 0 Å². The third-order valence-electron chi connectivity index (χ3n) is 4.31. The second-order valence-corrected chi connectivity index (χ2v) is 6.10. The lowest BCUT2D eigenvalue weighted by Gasteiger charge is -2.29. The summed E-state index contributed by atoms with van der Waals surface area (Å²) in [6, 6.07) is 16.4. The minimum absolute atomic E-state index is 0.229. The standard InChI is InChI=1S/C20H23NO2/c1-16-8-10-19(11-9-16)23-14-4-7-20(22)21-13-12-17-5-2-3-6-18(17)15-21/h2-3,5-6,8-11H,4,7,12-15H2,1H3. The molecule has 0 bridgehead atoms. The lowest BCUT2D eigenvalue weighted by atomic mass is 9.99. The molecule has 3 heteroatoms. The Balaban J connectivity index is 1.42. The number of hydrogen-bond acceptors (Lipinski definition) is 2. The van der Waals surface area contributed by atoms with Crippen molar-refractivity contribution in [1.82, 2.24) is 4.90 Å². The summed E-state index contributed by atoms with van der Waals surface area (Å²) < 4.78 is 5.68. The van der Waals surface area contributed by atoms with E-state index in [2.05, 4.69) is 25.1 Å². The Bertz CT molecular complexity index is 664. The van der Waals surface area contributed by atoms with E-state index in [0.717, 1.165) is 31.7 Å². The number of carbonyl (C=O) groups is 1. The number of hydrogen-bond donors (Lipinski definition) is 0. The third-order valence-corrected chi connectivity index (χ3v) is 4.31. The molecule has 1 aliphatic rings. The van der Waals surface area contributed by atoms with Crippen molar-refractivity contribution in [2.45, 2.75) is 32.7 Å². The fraction of sp³-hybridized carbons (Fsp3) is 0.350. The molecule has 0 aliphatic carbocycles. The van der Waals surface area contributed by atoms with Crippen LogP contribution in [-0.4, -0.2) is 24.0 Å². The zero-order valence-corrected chi connectivity index (χ0v) is 13.6. The first-order chi connectivity index (χ1) is 11.2. The van der Waals surface area contributed by atoms with E-state index in [1.807, 2.05) is 35.2 Å². The van der Waals surface area contributed by atoms with Gasteiger partial charge in [0.25, 0.3) is 0 Å². The minimum atomic E-state index is 0.229. The fourth-order valence-electron chi connectivity index (χ4n) is 2.91. The SMILES string of the molecule is Cc1ccc(OCCCC(=O)N2CCc3ccccc3C2)cc1. The van der Waals surface area contributed by atoms with Gasteiger partial charge in [0.05, 0.1) is 6.61 Å². The summed E-state index contributed by atoms with van der Waals surface area (Å²) in [7, 11) is 0. The Morgan fingerprint density at radius 1 is 1.09 bits per heavy atom. The molecule has 0 N–H and O–H groups in total. The number of nitrogens with zero attached hydrogens (tertiary/aromatic N) is 1. The molecule has 0 aromatic heterocycles. The average Bonchev–Trinajstić information content (AvgIpc) is 2.59. The molecule has 3 rings (SSSR count). The van der Waals surface area contributed by atoms with Crippen molar-refractivity contribution >= 4 is 5.91 Å². The quantitative estimate of drug-likeness (QED) is 0.788. The monoisotopic (exact) mass is 309 g/mol. The van der Waals surface area contributed by atoms with Crippen LogP contribution in [0, 0.1) is 6.92 Å². The van der Waals surface area contributed by atoms with E-state index in [0.29, 0.717) is 13.0 Å². The van der Waals surface area contributed by atoms with Crippen molar-refractivity contribution in [1.29, 1.82) is 0 Å². The molecular formula is C20H23NO2. The highest BCUT2D eigenvalue weighted by atomic mass is 16.5. The van der Waals surface area contributed by atoms with Crippen molar-refractivity contribution in [3.8, 4) is 5.75 Å². The molecule has 0 saturated carbocycles. The topological polar surface area (TPSA) is 29.5 Å². The van der Waals surface area contributed by atoms with Gasteiger partial charge in [-0.3, -0.25) is 4.79 Å². The highest BCUT2D eigenvalue weighted by molar-refractivity contribution is 5.76. The van der Waals surface area contributed by atoms with Gasteiger partial charge in [-0.05, 0) is 43.0 Å². The largest absolute Gasteiger partial charge is 0.494 e. The molecule has 1 heterocycles. The number of amides is 1. The predicted molar refractivity (Wildman–Crippen MR) is 91.5 cm³/mol. The number of rotatable bonds is 5. The number of ether oxygens (including phenoxy) is 1.